The Kier molecular flexibility index (Phi) is 4.41. The molecule has 0 fully saturated rings. The second-order valence-electron chi connectivity index (χ2n) is 6.88. The Hall–Kier alpha value is -3.51. The van der Waals surface area contributed by atoms with E-state index in [0.717, 1.165) is 38.9 Å². The Balaban J connectivity index is 2.17. The number of hydrogen-bond acceptors (Lipinski definition) is 4. The molecular formula is C22H21N5O. The third-order valence-electron chi connectivity index (χ3n) is 4.95. The van der Waals surface area contributed by atoms with E-state index in [1.807, 2.05) is 37.3 Å². The second-order valence-corrected chi connectivity index (χ2v) is 6.88. The van der Waals surface area contributed by atoms with Gasteiger partial charge in [-0.1, -0.05) is 42.0 Å². The molecule has 0 unspecified atom stereocenters. The van der Waals surface area contributed by atoms with Gasteiger partial charge in [-0.3, -0.25) is 10.2 Å². The van der Waals surface area contributed by atoms with Gasteiger partial charge in [-0.05, 0) is 38.5 Å². The predicted molar refractivity (Wildman–Crippen MR) is 111 cm³/mol. The van der Waals surface area contributed by atoms with Crippen LogP contribution in [0.15, 0.2) is 48.5 Å². The van der Waals surface area contributed by atoms with Gasteiger partial charge in [-0.15, -0.1) is 0 Å². The SMILES string of the molecule is Cc1ccc2[nH]c(-c3ccccc3)c(-c3c(C)nnc(C)c3C(=O)NN)c2c1. The van der Waals surface area contributed by atoms with Gasteiger partial charge in [-0.2, -0.15) is 10.2 Å². The topological polar surface area (TPSA) is 96.7 Å². The molecule has 2 aromatic carbocycles. The summed E-state index contributed by atoms with van der Waals surface area (Å²) in [6.45, 7) is 5.68. The first-order valence-electron chi connectivity index (χ1n) is 9.04. The number of hydrazine groups is 1. The number of rotatable bonds is 3. The zero-order valence-electron chi connectivity index (χ0n) is 16.0. The first-order chi connectivity index (χ1) is 13.5. The molecule has 2 heterocycles. The molecule has 28 heavy (non-hydrogen) atoms. The van der Waals surface area contributed by atoms with Crippen LogP contribution in [0.25, 0.3) is 33.3 Å². The van der Waals surface area contributed by atoms with E-state index in [-0.39, 0.29) is 5.91 Å². The molecule has 140 valence electrons. The van der Waals surface area contributed by atoms with Crippen LogP contribution < -0.4 is 11.3 Å². The highest BCUT2D eigenvalue weighted by Gasteiger charge is 2.25. The number of aromatic nitrogens is 3. The molecule has 0 bridgehead atoms. The van der Waals surface area contributed by atoms with E-state index in [1.54, 1.807) is 6.92 Å². The Morgan fingerprint density at radius 2 is 1.68 bits per heavy atom. The third-order valence-corrected chi connectivity index (χ3v) is 4.95. The minimum Gasteiger partial charge on any atom is -0.354 e. The van der Waals surface area contributed by atoms with Crippen molar-refractivity contribution in [2.24, 2.45) is 5.84 Å². The molecule has 4 aromatic rings. The fraction of sp³-hybridized carbons (Fsp3) is 0.136. The monoisotopic (exact) mass is 371 g/mol. The van der Waals surface area contributed by atoms with Crippen LogP contribution in [0, 0.1) is 20.8 Å². The van der Waals surface area contributed by atoms with Crippen LogP contribution in [0.4, 0.5) is 0 Å². The summed E-state index contributed by atoms with van der Waals surface area (Å²) < 4.78 is 0. The molecule has 0 spiro atoms. The van der Waals surface area contributed by atoms with Crippen molar-refractivity contribution in [3.63, 3.8) is 0 Å². The zero-order chi connectivity index (χ0) is 19.8. The number of aromatic amines is 1. The number of nitrogens with two attached hydrogens (primary N) is 1. The summed E-state index contributed by atoms with van der Waals surface area (Å²) in [4.78, 5) is 16.2. The molecule has 0 aliphatic rings. The van der Waals surface area contributed by atoms with Gasteiger partial charge in [0, 0.05) is 22.0 Å². The number of aryl methyl sites for hydroxylation is 3. The van der Waals surface area contributed by atoms with Gasteiger partial charge >= 0.3 is 0 Å². The highest BCUT2D eigenvalue weighted by Crippen LogP contribution is 2.41. The molecular weight excluding hydrogens is 350 g/mol. The lowest BCUT2D eigenvalue weighted by Gasteiger charge is -2.14. The first-order valence-corrected chi connectivity index (χ1v) is 9.04. The maximum atomic E-state index is 12.6. The molecule has 2 aromatic heterocycles. The zero-order valence-corrected chi connectivity index (χ0v) is 16.0. The van der Waals surface area contributed by atoms with Crippen molar-refractivity contribution in [2.45, 2.75) is 20.8 Å². The van der Waals surface area contributed by atoms with Crippen molar-refractivity contribution in [3.05, 3.63) is 71.0 Å². The van der Waals surface area contributed by atoms with Crippen LogP contribution in [0.5, 0.6) is 0 Å². The lowest BCUT2D eigenvalue weighted by atomic mass is 9.92. The average molecular weight is 371 g/mol. The lowest BCUT2D eigenvalue weighted by Crippen LogP contribution is -2.31. The number of nitrogen functional groups attached to an aromatic ring is 1. The van der Waals surface area contributed by atoms with Crippen molar-refractivity contribution >= 4 is 16.8 Å². The van der Waals surface area contributed by atoms with Crippen LogP contribution in [-0.4, -0.2) is 21.1 Å². The van der Waals surface area contributed by atoms with E-state index in [4.69, 9.17) is 5.84 Å². The molecule has 4 rings (SSSR count). The maximum absolute atomic E-state index is 12.6. The van der Waals surface area contributed by atoms with Crippen LogP contribution >= 0.6 is 0 Å². The molecule has 6 nitrogen and oxygen atoms in total. The lowest BCUT2D eigenvalue weighted by molar-refractivity contribution is 0.0953. The fourth-order valence-corrected chi connectivity index (χ4v) is 3.65. The third kappa shape index (κ3) is 2.84. The van der Waals surface area contributed by atoms with Crippen LogP contribution in [0.3, 0.4) is 0 Å². The first kappa shape index (κ1) is 17.9. The minimum atomic E-state index is -0.383. The van der Waals surface area contributed by atoms with Crippen molar-refractivity contribution < 1.29 is 4.79 Å². The van der Waals surface area contributed by atoms with E-state index < -0.39 is 0 Å². The van der Waals surface area contributed by atoms with Crippen molar-refractivity contribution in [1.82, 2.24) is 20.6 Å². The van der Waals surface area contributed by atoms with Crippen molar-refractivity contribution in [2.75, 3.05) is 0 Å². The molecule has 0 atom stereocenters. The minimum absolute atomic E-state index is 0.383. The number of hydrogen-bond donors (Lipinski definition) is 3. The van der Waals surface area contributed by atoms with E-state index in [9.17, 15) is 4.79 Å². The van der Waals surface area contributed by atoms with Gasteiger partial charge in [0.2, 0.25) is 0 Å². The summed E-state index contributed by atoms with van der Waals surface area (Å²) in [5, 5.41) is 9.46. The Bertz CT molecular complexity index is 1190. The number of benzene rings is 2. The van der Waals surface area contributed by atoms with Crippen LogP contribution in [0.1, 0.15) is 27.3 Å². The summed E-state index contributed by atoms with van der Waals surface area (Å²) in [7, 11) is 0. The van der Waals surface area contributed by atoms with Gasteiger partial charge in [0.15, 0.2) is 0 Å². The molecule has 1 amide bonds. The van der Waals surface area contributed by atoms with E-state index >= 15 is 0 Å². The summed E-state index contributed by atoms with van der Waals surface area (Å²) in [5.41, 5.74) is 9.65. The number of H-pyrrole nitrogens is 1. The van der Waals surface area contributed by atoms with Crippen LogP contribution in [0.2, 0.25) is 0 Å². The quantitative estimate of drug-likeness (QED) is 0.290. The molecule has 0 aliphatic heterocycles. The number of carbonyl (C=O) groups is 1. The number of fused-ring (bicyclic) bond motifs is 1. The van der Waals surface area contributed by atoms with Crippen LogP contribution in [-0.2, 0) is 0 Å². The smallest absolute Gasteiger partial charge is 0.267 e. The average Bonchev–Trinajstić information content (AvgIpc) is 3.07. The van der Waals surface area contributed by atoms with E-state index in [1.165, 1.54) is 0 Å². The van der Waals surface area contributed by atoms with Gasteiger partial charge in [0.1, 0.15) is 0 Å². The Morgan fingerprint density at radius 1 is 0.964 bits per heavy atom. The van der Waals surface area contributed by atoms with Gasteiger partial charge < -0.3 is 4.98 Å². The van der Waals surface area contributed by atoms with Gasteiger partial charge in [0.05, 0.1) is 22.6 Å². The number of nitrogens with zero attached hydrogens (tertiary/aromatic N) is 2. The molecule has 0 saturated carbocycles. The molecule has 6 heteroatoms. The predicted octanol–water partition coefficient (Wildman–Crippen LogP) is 3.82. The second kappa shape index (κ2) is 6.90. The highest BCUT2D eigenvalue weighted by molar-refractivity contribution is 6.11. The molecule has 0 saturated heterocycles. The number of carbonyl (C=O) groups excluding carboxylic acids is 1. The Morgan fingerprint density at radius 3 is 2.39 bits per heavy atom. The summed E-state index contributed by atoms with van der Waals surface area (Å²) in [6.07, 6.45) is 0. The highest BCUT2D eigenvalue weighted by atomic mass is 16.2. The number of nitrogens with one attached hydrogen (secondary N) is 2. The van der Waals surface area contributed by atoms with Crippen molar-refractivity contribution in [3.8, 4) is 22.4 Å². The maximum Gasteiger partial charge on any atom is 0.267 e. The summed E-state index contributed by atoms with van der Waals surface area (Å²) in [6, 6.07) is 16.3. The normalized spacial score (nSPS) is 11.0. The fourth-order valence-electron chi connectivity index (χ4n) is 3.65. The van der Waals surface area contributed by atoms with Crippen molar-refractivity contribution in [1.29, 1.82) is 0 Å². The van der Waals surface area contributed by atoms with Gasteiger partial charge in [0.25, 0.3) is 5.91 Å². The van der Waals surface area contributed by atoms with E-state index in [0.29, 0.717) is 17.0 Å². The van der Waals surface area contributed by atoms with E-state index in [2.05, 4.69) is 45.7 Å². The molecule has 0 radical (unpaired) electrons. The standard InChI is InChI=1S/C22H21N5O/c1-12-9-10-17-16(11-12)20(21(24-17)15-7-5-4-6-8-15)18-13(2)26-27-14(3)19(18)22(28)25-23/h4-11,24H,23H2,1-3H3,(H,25,28). The summed E-state index contributed by atoms with van der Waals surface area (Å²) >= 11 is 0. The largest absolute Gasteiger partial charge is 0.354 e. The molecule has 0 aliphatic carbocycles. The number of amides is 1. The van der Waals surface area contributed by atoms with Gasteiger partial charge in [-0.25, -0.2) is 5.84 Å². The Labute approximate surface area is 162 Å². The molecule has 4 N–H and O–H groups in total. The summed E-state index contributed by atoms with van der Waals surface area (Å²) in [5.74, 6) is 5.09.